The normalized spacial score (nSPS) is 16.8. The maximum Gasteiger partial charge on any atom is 0.360 e. The molecule has 4 nitrogen and oxygen atoms in total. The molecule has 0 saturated carbocycles. The third-order valence-corrected chi connectivity index (χ3v) is 14.2. The van der Waals surface area contributed by atoms with Crippen LogP contribution in [0, 0.1) is 0 Å². The lowest BCUT2D eigenvalue weighted by molar-refractivity contribution is 0.264. The van der Waals surface area contributed by atoms with Crippen LogP contribution in [0.3, 0.4) is 0 Å². The van der Waals surface area contributed by atoms with Crippen LogP contribution in [0.1, 0.15) is 13.8 Å². The van der Waals surface area contributed by atoms with Gasteiger partial charge in [-0.2, -0.15) is 0 Å². The molecule has 1 atom stereocenters. The minimum atomic E-state index is -2.18. The second-order valence-corrected chi connectivity index (χ2v) is 17.1. The van der Waals surface area contributed by atoms with Crippen molar-refractivity contribution in [1.29, 1.82) is 0 Å². The first kappa shape index (κ1) is 21.0. The lowest BCUT2D eigenvalue weighted by Crippen LogP contribution is -2.39. The highest BCUT2D eigenvalue weighted by molar-refractivity contribution is 6.92. The molecule has 0 amide bonds. The van der Waals surface area contributed by atoms with E-state index in [0.717, 1.165) is 12.1 Å². The third kappa shape index (κ3) is 6.31. The Kier molecular flexibility index (Phi) is 9.17. The summed E-state index contributed by atoms with van der Waals surface area (Å²) < 4.78 is 16.6. The summed E-state index contributed by atoms with van der Waals surface area (Å²) in [5, 5.41) is 9.51. The Morgan fingerprint density at radius 2 is 1.29 bits per heavy atom. The largest absolute Gasteiger partial charge is 0.414 e. The highest BCUT2D eigenvalue weighted by atomic mass is 28.4. The topological polar surface area (TPSA) is 47.9 Å². The molecule has 0 aromatic heterocycles. The van der Waals surface area contributed by atoms with Crippen LogP contribution in [0.5, 0.6) is 0 Å². The highest BCUT2D eigenvalue weighted by Gasteiger charge is 2.31. The van der Waals surface area contributed by atoms with E-state index in [2.05, 4.69) is 36.6 Å². The Hall–Kier alpha value is -0.0294. The molecule has 1 unspecified atom stereocenters. The van der Waals surface area contributed by atoms with Gasteiger partial charge in [-0.05, 0) is 13.1 Å². The molecule has 0 fully saturated rings. The van der Waals surface area contributed by atoms with Crippen LogP contribution in [0.15, 0.2) is 22.8 Å². The van der Waals surface area contributed by atoms with Gasteiger partial charge in [-0.15, -0.1) is 0 Å². The lowest BCUT2D eigenvalue weighted by atomic mass is 10.9. The standard InChI is InChI=1S/C14H32O4Si3/c1-8-21(9-2,12-10-19(6,14-15)16-3)13-11-20(7,17-4)18-5/h10-13,15H,8-9,14H2,1-7H3. The second kappa shape index (κ2) is 9.19. The summed E-state index contributed by atoms with van der Waals surface area (Å²) in [6.45, 7) is 8.53. The SMILES string of the molecule is CC[Si](C=C[Si](C)(CO)OC)(C=C[Si](C)(OC)OC)CC. The molecular formula is C14H32O4Si3. The molecule has 21 heavy (non-hydrogen) atoms. The van der Waals surface area contributed by atoms with Gasteiger partial charge in [-0.3, -0.25) is 0 Å². The molecule has 0 aliphatic heterocycles. The maximum absolute atomic E-state index is 9.51. The second-order valence-electron chi connectivity index (χ2n) is 5.71. The molecule has 124 valence electrons. The predicted octanol–water partition coefficient (Wildman–Crippen LogP) is 2.86. The molecule has 0 radical (unpaired) electrons. The van der Waals surface area contributed by atoms with Crippen LogP contribution in [0.2, 0.25) is 25.2 Å². The minimum absolute atomic E-state index is 0.115. The van der Waals surface area contributed by atoms with Gasteiger partial charge in [0.15, 0.2) is 0 Å². The van der Waals surface area contributed by atoms with Crippen molar-refractivity contribution >= 4 is 25.0 Å². The molecule has 0 aliphatic rings. The van der Waals surface area contributed by atoms with Gasteiger partial charge in [-0.25, -0.2) is 0 Å². The zero-order chi connectivity index (χ0) is 16.6. The van der Waals surface area contributed by atoms with Crippen molar-refractivity contribution in [1.82, 2.24) is 0 Å². The summed E-state index contributed by atoms with van der Waals surface area (Å²) in [5.74, 6) is 0. The lowest BCUT2D eigenvalue weighted by Gasteiger charge is -2.26. The molecule has 0 rings (SSSR count). The summed E-state index contributed by atoms with van der Waals surface area (Å²) in [6.07, 6.45) is 0.115. The first-order valence-electron chi connectivity index (χ1n) is 7.45. The molecule has 0 saturated heterocycles. The number of rotatable bonds is 10. The zero-order valence-corrected chi connectivity index (χ0v) is 17.6. The molecule has 0 aromatic rings. The monoisotopic (exact) mass is 348 g/mol. The van der Waals surface area contributed by atoms with Crippen molar-refractivity contribution in [2.24, 2.45) is 0 Å². The van der Waals surface area contributed by atoms with E-state index in [0.29, 0.717) is 0 Å². The Morgan fingerprint density at radius 1 is 0.810 bits per heavy atom. The summed E-state index contributed by atoms with van der Waals surface area (Å²) in [7, 11) is -0.861. The fourth-order valence-corrected chi connectivity index (χ4v) is 9.48. The van der Waals surface area contributed by atoms with Gasteiger partial charge in [0.1, 0.15) is 0 Å². The van der Waals surface area contributed by atoms with Crippen molar-refractivity contribution in [3.63, 3.8) is 0 Å². The van der Waals surface area contributed by atoms with Gasteiger partial charge in [0.25, 0.3) is 0 Å². The van der Waals surface area contributed by atoms with E-state index in [1.54, 1.807) is 21.3 Å². The molecule has 0 aromatic carbocycles. The van der Waals surface area contributed by atoms with Crippen molar-refractivity contribution in [2.75, 3.05) is 27.6 Å². The summed E-state index contributed by atoms with van der Waals surface area (Å²) >= 11 is 0. The fourth-order valence-electron chi connectivity index (χ4n) is 1.84. The molecule has 0 aliphatic carbocycles. The van der Waals surface area contributed by atoms with Gasteiger partial charge in [0.05, 0.1) is 14.3 Å². The van der Waals surface area contributed by atoms with Crippen molar-refractivity contribution < 1.29 is 18.4 Å². The Labute approximate surface area is 133 Å². The summed E-state index contributed by atoms with van der Waals surface area (Å²) in [5.41, 5.74) is 8.97. The van der Waals surface area contributed by atoms with Gasteiger partial charge in [0, 0.05) is 21.3 Å². The van der Waals surface area contributed by atoms with Crippen LogP contribution in [-0.4, -0.2) is 57.6 Å². The van der Waals surface area contributed by atoms with Gasteiger partial charge < -0.3 is 18.4 Å². The molecule has 0 bridgehead atoms. The minimum Gasteiger partial charge on any atom is -0.414 e. The highest BCUT2D eigenvalue weighted by Crippen LogP contribution is 2.22. The van der Waals surface area contributed by atoms with Gasteiger partial charge in [-0.1, -0.05) is 48.7 Å². The first-order chi connectivity index (χ1) is 9.78. The predicted molar refractivity (Wildman–Crippen MR) is 96.3 cm³/mol. The van der Waals surface area contributed by atoms with E-state index in [1.165, 1.54) is 0 Å². The van der Waals surface area contributed by atoms with E-state index >= 15 is 0 Å². The first-order valence-corrected chi connectivity index (χ1v) is 15.1. The van der Waals surface area contributed by atoms with Crippen LogP contribution >= 0.6 is 0 Å². The zero-order valence-electron chi connectivity index (χ0n) is 14.6. The fraction of sp³-hybridized carbons (Fsp3) is 0.714. The maximum atomic E-state index is 9.51. The van der Waals surface area contributed by atoms with E-state index in [-0.39, 0.29) is 6.23 Å². The molecule has 1 N–H and O–H groups in total. The van der Waals surface area contributed by atoms with E-state index in [9.17, 15) is 5.11 Å². The van der Waals surface area contributed by atoms with Crippen molar-refractivity contribution in [3.8, 4) is 0 Å². The smallest absolute Gasteiger partial charge is 0.360 e. The number of aliphatic hydroxyl groups excluding tert-OH is 1. The summed E-state index contributed by atoms with van der Waals surface area (Å²) in [4.78, 5) is 0. The number of hydrogen-bond donors (Lipinski definition) is 1. The quantitative estimate of drug-likeness (QED) is 0.617. The number of hydrogen-bond acceptors (Lipinski definition) is 4. The summed E-state index contributed by atoms with van der Waals surface area (Å²) in [6, 6.07) is 2.24. The third-order valence-electron chi connectivity index (χ3n) is 4.39. The van der Waals surface area contributed by atoms with Gasteiger partial charge >= 0.3 is 8.56 Å². The van der Waals surface area contributed by atoms with Crippen LogP contribution in [0.4, 0.5) is 0 Å². The molecular weight excluding hydrogens is 316 g/mol. The van der Waals surface area contributed by atoms with Crippen LogP contribution in [0.25, 0.3) is 0 Å². The molecule has 0 spiro atoms. The van der Waals surface area contributed by atoms with Crippen molar-refractivity contribution in [3.05, 3.63) is 22.8 Å². The van der Waals surface area contributed by atoms with E-state index < -0.39 is 25.0 Å². The molecule has 0 heterocycles. The molecule has 7 heteroatoms. The van der Waals surface area contributed by atoms with E-state index in [1.807, 2.05) is 13.1 Å². The van der Waals surface area contributed by atoms with Crippen LogP contribution < -0.4 is 0 Å². The Morgan fingerprint density at radius 3 is 1.62 bits per heavy atom. The van der Waals surface area contributed by atoms with E-state index in [4.69, 9.17) is 13.3 Å². The van der Waals surface area contributed by atoms with Crippen molar-refractivity contribution in [2.45, 2.75) is 39.0 Å². The average molecular weight is 349 g/mol. The Balaban J connectivity index is 5.36. The average Bonchev–Trinajstić information content (AvgIpc) is 2.55. The van der Waals surface area contributed by atoms with Gasteiger partial charge in [0.2, 0.25) is 8.32 Å². The van der Waals surface area contributed by atoms with Crippen LogP contribution in [-0.2, 0) is 13.3 Å². The number of aliphatic hydroxyl groups is 1. The Bertz CT molecular complexity index is 316.